The normalized spacial score (nSPS) is 17.0. The molecule has 6 nitrogen and oxygen atoms in total. The molecule has 0 radical (unpaired) electrons. The van der Waals surface area contributed by atoms with Crippen LogP contribution >= 0.6 is 12.4 Å². The van der Waals surface area contributed by atoms with Gasteiger partial charge in [0, 0.05) is 32.7 Å². The molecule has 1 saturated heterocycles. The van der Waals surface area contributed by atoms with Gasteiger partial charge in [-0.15, -0.1) is 12.4 Å². The Labute approximate surface area is 131 Å². The molecule has 0 saturated carbocycles. The summed E-state index contributed by atoms with van der Waals surface area (Å²) in [7, 11) is -3.62. The largest absolute Gasteiger partial charge is 0.395 e. The minimum atomic E-state index is -3.62. The summed E-state index contributed by atoms with van der Waals surface area (Å²) in [4.78, 5) is 2.08. The van der Waals surface area contributed by atoms with Crippen LogP contribution in [-0.4, -0.2) is 62.1 Å². The second-order valence-electron chi connectivity index (χ2n) is 4.58. The molecule has 1 aromatic rings. The summed E-state index contributed by atoms with van der Waals surface area (Å²) in [5, 5.41) is 17.9. The third-order valence-electron chi connectivity index (χ3n) is 3.37. The van der Waals surface area contributed by atoms with Crippen molar-refractivity contribution in [1.82, 2.24) is 9.21 Å². The number of β-amino-alcohol motifs (C(OH)–C–C–N with tert-alkyl or cyclic N) is 1. The van der Waals surface area contributed by atoms with Gasteiger partial charge in [0.2, 0.25) is 10.0 Å². The highest BCUT2D eigenvalue weighted by molar-refractivity contribution is 7.89. The van der Waals surface area contributed by atoms with E-state index in [1.54, 1.807) is 12.1 Å². The van der Waals surface area contributed by atoms with Crippen molar-refractivity contribution in [2.45, 2.75) is 4.90 Å². The maximum Gasteiger partial charge on any atom is 0.244 e. The second kappa shape index (κ2) is 7.73. The van der Waals surface area contributed by atoms with Crippen LogP contribution < -0.4 is 0 Å². The first-order valence-corrected chi connectivity index (χ1v) is 7.86. The van der Waals surface area contributed by atoms with Crippen molar-refractivity contribution in [3.8, 4) is 6.07 Å². The lowest BCUT2D eigenvalue weighted by Gasteiger charge is -2.33. The summed E-state index contributed by atoms with van der Waals surface area (Å²) in [6.45, 7) is 2.57. The molecule has 1 N–H and O–H groups in total. The fourth-order valence-corrected chi connectivity index (χ4v) is 3.82. The standard InChI is InChI=1S/C13H17N3O3S.ClH/c14-11-12-3-1-2-4-13(12)20(18,19)16-7-5-15(6-8-16)9-10-17;/h1-4,17H,5-10H2;1H. The van der Waals surface area contributed by atoms with Crippen LogP contribution in [0.15, 0.2) is 29.2 Å². The number of sulfonamides is 1. The van der Waals surface area contributed by atoms with Crippen LogP contribution in [0.5, 0.6) is 0 Å². The zero-order chi connectivity index (χ0) is 14.6. The molecule has 0 atom stereocenters. The van der Waals surface area contributed by atoms with Gasteiger partial charge in [-0.1, -0.05) is 12.1 Å². The average molecular weight is 332 g/mol. The summed E-state index contributed by atoms with van der Waals surface area (Å²) in [5.41, 5.74) is 0.172. The summed E-state index contributed by atoms with van der Waals surface area (Å²) >= 11 is 0. The van der Waals surface area contributed by atoms with Crippen molar-refractivity contribution in [3.63, 3.8) is 0 Å². The Morgan fingerprint density at radius 1 is 1.19 bits per heavy atom. The first-order chi connectivity index (χ1) is 9.59. The summed E-state index contributed by atoms with van der Waals surface area (Å²) in [6.07, 6.45) is 0. The minimum Gasteiger partial charge on any atom is -0.395 e. The molecule has 8 heteroatoms. The molecule has 1 heterocycles. The number of rotatable bonds is 4. The summed E-state index contributed by atoms with van der Waals surface area (Å²) in [6, 6.07) is 8.17. The predicted molar refractivity (Wildman–Crippen MR) is 80.7 cm³/mol. The van der Waals surface area contributed by atoms with E-state index in [1.807, 2.05) is 11.0 Å². The van der Waals surface area contributed by atoms with Gasteiger partial charge < -0.3 is 5.11 Å². The lowest BCUT2D eigenvalue weighted by Crippen LogP contribution is -2.49. The monoisotopic (exact) mass is 331 g/mol. The number of hydrogen-bond acceptors (Lipinski definition) is 5. The number of piperazine rings is 1. The van der Waals surface area contributed by atoms with Gasteiger partial charge in [-0.2, -0.15) is 9.57 Å². The molecule has 2 rings (SSSR count). The zero-order valence-corrected chi connectivity index (χ0v) is 13.1. The molecule has 0 spiro atoms. The van der Waals surface area contributed by atoms with Crippen molar-refractivity contribution < 1.29 is 13.5 Å². The van der Waals surface area contributed by atoms with Crippen LogP contribution in [-0.2, 0) is 10.0 Å². The van der Waals surface area contributed by atoms with Crippen LogP contribution in [0.1, 0.15) is 5.56 Å². The summed E-state index contributed by atoms with van der Waals surface area (Å²) in [5.74, 6) is 0. The number of nitriles is 1. The van der Waals surface area contributed by atoms with Gasteiger partial charge in [-0.3, -0.25) is 4.90 Å². The predicted octanol–water partition coefficient (Wildman–Crippen LogP) is 0.279. The van der Waals surface area contributed by atoms with Gasteiger partial charge in [0.25, 0.3) is 0 Å². The van der Waals surface area contributed by atoms with Crippen molar-refractivity contribution in [2.24, 2.45) is 0 Å². The lowest BCUT2D eigenvalue weighted by atomic mass is 10.2. The number of aliphatic hydroxyl groups is 1. The van der Waals surface area contributed by atoms with Gasteiger partial charge >= 0.3 is 0 Å². The third-order valence-corrected chi connectivity index (χ3v) is 5.33. The highest BCUT2D eigenvalue weighted by atomic mass is 35.5. The molecule has 0 unspecified atom stereocenters. The average Bonchev–Trinajstić information content (AvgIpc) is 2.48. The molecule has 0 bridgehead atoms. The number of benzene rings is 1. The zero-order valence-electron chi connectivity index (χ0n) is 11.5. The van der Waals surface area contributed by atoms with E-state index in [1.165, 1.54) is 16.4 Å². The molecule has 1 aliphatic rings. The third kappa shape index (κ3) is 3.93. The number of halogens is 1. The maximum atomic E-state index is 12.5. The van der Waals surface area contributed by atoms with Crippen molar-refractivity contribution in [1.29, 1.82) is 5.26 Å². The minimum absolute atomic E-state index is 0. The van der Waals surface area contributed by atoms with Gasteiger partial charge in [0.05, 0.1) is 17.1 Å². The van der Waals surface area contributed by atoms with Crippen LogP contribution in [0.3, 0.4) is 0 Å². The highest BCUT2D eigenvalue weighted by Crippen LogP contribution is 2.20. The van der Waals surface area contributed by atoms with Crippen molar-refractivity contribution in [2.75, 3.05) is 39.3 Å². The van der Waals surface area contributed by atoms with Gasteiger partial charge in [-0.05, 0) is 12.1 Å². The Morgan fingerprint density at radius 3 is 2.38 bits per heavy atom. The molecule has 0 aromatic heterocycles. The molecule has 1 aliphatic heterocycles. The van der Waals surface area contributed by atoms with Crippen LogP contribution in [0.2, 0.25) is 0 Å². The first-order valence-electron chi connectivity index (χ1n) is 6.42. The smallest absolute Gasteiger partial charge is 0.244 e. The lowest BCUT2D eigenvalue weighted by molar-refractivity contribution is 0.151. The second-order valence-corrected chi connectivity index (χ2v) is 6.48. The molecule has 0 aliphatic carbocycles. The van der Waals surface area contributed by atoms with Gasteiger partial charge in [0.15, 0.2) is 0 Å². The first kappa shape index (κ1) is 17.9. The van der Waals surface area contributed by atoms with Crippen LogP contribution in [0, 0.1) is 11.3 Å². The van der Waals surface area contributed by atoms with E-state index in [9.17, 15) is 8.42 Å². The quantitative estimate of drug-likeness (QED) is 0.856. The van der Waals surface area contributed by atoms with E-state index in [0.717, 1.165) is 0 Å². The van der Waals surface area contributed by atoms with E-state index >= 15 is 0 Å². The van der Waals surface area contributed by atoms with E-state index in [2.05, 4.69) is 0 Å². The Bertz CT molecular complexity index is 607. The number of nitrogens with zero attached hydrogens (tertiary/aromatic N) is 3. The maximum absolute atomic E-state index is 12.5. The van der Waals surface area contributed by atoms with Gasteiger partial charge in [-0.25, -0.2) is 8.42 Å². The Hall–Kier alpha value is -1.17. The Balaban J connectivity index is 0.00000220. The Morgan fingerprint density at radius 2 is 1.81 bits per heavy atom. The topological polar surface area (TPSA) is 84.6 Å². The van der Waals surface area contributed by atoms with E-state index in [0.29, 0.717) is 32.7 Å². The fraction of sp³-hybridized carbons (Fsp3) is 0.462. The number of aliphatic hydroxyl groups excluding tert-OH is 1. The fourth-order valence-electron chi connectivity index (χ4n) is 2.26. The molecular weight excluding hydrogens is 314 g/mol. The Kier molecular flexibility index (Phi) is 6.58. The molecule has 116 valence electrons. The summed E-state index contributed by atoms with van der Waals surface area (Å²) < 4.78 is 26.5. The van der Waals surface area contributed by atoms with Crippen LogP contribution in [0.4, 0.5) is 0 Å². The molecule has 1 fully saturated rings. The SMILES string of the molecule is Cl.N#Cc1ccccc1S(=O)(=O)N1CCN(CCO)CC1. The van der Waals surface area contributed by atoms with E-state index < -0.39 is 10.0 Å². The highest BCUT2D eigenvalue weighted by Gasteiger charge is 2.29. The van der Waals surface area contributed by atoms with Gasteiger partial charge in [0.1, 0.15) is 6.07 Å². The molecule has 21 heavy (non-hydrogen) atoms. The molecule has 1 aromatic carbocycles. The van der Waals surface area contributed by atoms with E-state index in [4.69, 9.17) is 10.4 Å². The van der Waals surface area contributed by atoms with Crippen molar-refractivity contribution >= 4 is 22.4 Å². The molecule has 0 amide bonds. The van der Waals surface area contributed by atoms with Crippen LogP contribution in [0.25, 0.3) is 0 Å². The van der Waals surface area contributed by atoms with Crippen molar-refractivity contribution in [3.05, 3.63) is 29.8 Å². The molecular formula is C13H18ClN3O3S. The van der Waals surface area contributed by atoms with E-state index in [-0.39, 0.29) is 29.5 Å². The number of hydrogen-bond donors (Lipinski definition) is 1.